The molecular formula is C18H13NO. The van der Waals surface area contributed by atoms with Crippen molar-refractivity contribution in [2.75, 3.05) is 0 Å². The van der Waals surface area contributed by atoms with Crippen molar-refractivity contribution < 1.29 is 4.79 Å². The van der Waals surface area contributed by atoms with Crippen LogP contribution in [0.15, 0.2) is 54.7 Å². The lowest BCUT2D eigenvalue weighted by atomic mass is 9.96. The molecule has 2 nitrogen and oxygen atoms in total. The Morgan fingerprint density at radius 2 is 1.80 bits per heavy atom. The highest BCUT2D eigenvalue weighted by molar-refractivity contribution is 6.02. The van der Waals surface area contributed by atoms with Crippen LogP contribution in [0.2, 0.25) is 0 Å². The lowest BCUT2D eigenvalue weighted by Gasteiger charge is -2.09. The van der Waals surface area contributed by atoms with Gasteiger partial charge in [-0.05, 0) is 41.3 Å². The van der Waals surface area contributed by atoms with Crippen LogP contribution < -0.4 is 0 Å². The van der Waals surface area contributed by atoms with Gasteiger partial charge in [-0.2, -0.15) is 0 Å². The van der Waals surface area contributed by atoms with Crippen molar-refractivity contribution in [3.63, 3.8) is 0 Å². The Kier molecular flexibility index (Phi) is 2.43. The summed E-state index contributed by atoms with van der Waals surface area (Å²) in [6.07, 6.45) is 3.30. The van der Waals surface area contributed by atoms with Crippen LogP contribution in [0.1, 0.15) is 22.3 Å². The maximum absolute atomic E-state index is 11.9. The second-order valence-corrected chi connectivity index (χ2v) is 5.17. The zero-order valence-electron chi connectivity index (χ0n) is 11.0. The minimum Gasteiger partial charge on any atom is -0.294 e. The molecule has 2 heteroatoms. The maximum atomic E-state index is 11.9. The van der Waals surface area contributed by atoms with Gasteiger partial charge in [0.1, 0.15) is 0 Å². The third kappa shape index (κ3) is 1.65. The number of fused-ring (bicyclic) bond motifs is 2. The summed E-state index contributed by atoms with van der Waals surface area (Å²) in [5, 5.41) is 1.13. The standard InChI is InChI=1S/C18H13NO/c20-18-9-7-15-14(4-1-5-16(15)18)12-6-8-17-13(11-12)3-2-10-19-17/h1-6,8,10-11H,7,9H2. The van der Waals surface area contributed by atoms with Gasteiger partial charge >= 0.3 is 0 Å². The molecule has 4 rings (SSSR count). The molecule has 20 heavy (non-hydrogen) atoms. The molecule has 0 bridgehead atoms. The molecule has 1 heterocycles. The third-order valence-electron chi connectivity index (χ3n) is 3.99. The van der Waals surface area contributed by atoms with E-state index in [2.05, 4.69) is 29.2 Å². The smallest absolute Gasteiger partial charge is 0.163 e. The molecule has 3 aromatic rings. The van der Waals surface area contributed by atoms with Crippen LogP contribution in [0, 0.1) is 0 Å². The first-order valence-corrected chi connectivity index (χ1v) is 6.83. The lowest BCUT2D eigenvalue weighted by Crippen LogP contribution is -1.92. The fourth-order valence-electron chi connectivity index (χ4n) is 3.00. The molecule has 2 aromatic carbocycles. The summed E-state index contributed by atoms with van der Waals surface area (Å²) in [6.45, 7) is 0. The first kappa shape index (κ1) is 11.4. The second kappa shape index (κ2) is 4.27. The first-order valence-electron chi connectivity index (χ1n) is 6.83. The lowest BCUT2D eigenvalue weighted by molar-refractivity contribution is 0.0994. The fourth-order valence-corrected chi connectivity index (χ4v) is 3.00. The van der Waals surface area contributed by atoms with Crippen LogP contribution in [0.25, 0.3) is 22.0 Å². The van der Waals surface area contributed by atoms with Crippen molar-refractivity contribution in [2.24, 2.45) is 0 Å². The predicted molar refractivity (Wildman–Crippen MR) is 79.8 cm³/mol. The van der Waals surface area contributed by atoms with Crippen LogP contribution >= 0.6 is 0 Å². The number of Topliss-reactive ketones (excluding diaryl/α,β-unsaturated/α-hetero) is 1. The van der Waals surface area contributed by atoms with E-state index in [1.54, 1.807) is 6.20 Å². The van der Waals surface area contributed by atoms with E-state index < -0.39 is 0 Å². The highest BCUT2D eigenvalue weighted by Crippen LogP contribution is 2.33. The Morgan fingerprint density at radius 1 is 0.900 bits per heavy atom. The Hall–Kier alpha value is -2.48. The van der Waals surface area contributed by atoms with Gasteiger partial charge in [-0.3, -0.25) is 9.78 Å². The van der Waals surface area contributed by atoms with Crippen molar-refractivity contribution in [2.45, 2.75) is 12.8 Å². The summed E-state index contributed by atoms with van der Waals surface area (Å²) in [6, 6.07) is 16.3. The largest absolute Gasteiger partial charge is 0.294 e. The van der Waals surface area contributed by atoms with Crippen LogP contribution in [-0.4, -0.2) is 10.8 Å². The van der Waals surface area contributed by atoms with E-state index in [9.17, 15) is 4.79 Å². The summed E-state index contributed by atoms with van der Waals surface area (Å²) >= 11 is 0. The average molecular weight is 259 g/mol. The SMILES string of the molecule is O=C1CCc2c1cccc2-c1ccc2ncccc2c1. The molecule has 0 saturated carbocycles. The van der Waals surface area contributed by atoms with Crippen molar-refractivity contribution in [1.82, 2.24) is 4.98 Å². The third-order valence-corrected chi connectivity index (χ3v) is 3.99. The van der Waals surface area contributed by atoms with Gasteiger partial charge in [-0.25, -0.2) is 0 Å². The Morgan fingerprint density at radius 3 is 2.75 bits per heavy atom. The zero-order chi connectivity index (χ0) is 13.5. The molecule has 0 unspecified atom stereocenters. The average Bonchev–Trinajstić information content (AvgIpc) is 2.88. The Labute approximate surface area is 117 Å². The number of nitrogens with zero attached hydrogens (tertiary/aromatic N) is 1. The normalized spacial score (nSPS) is 13.7. The van der Waals surface area contributed by atoms with Crippen molar-refractivity contribution in [3.05, 3.63) is 65.9 Å². The fraction of sp³-hybridized carbons (Fsp3) is 0.111. The van der Waals surface area contributed by atoms with Gasteiger partial charge in [0, 0.05) is 23.6 Å². The van der Waals surface area contributed by atoms with Crippen molar-refractivity contribution in [1.29, 1.82) is 0 Å². The van der Waals surface area contributed by atoms with Crippen LogP contribution in [0.3, 0.4) is 0 Å². The maximum Gasteiger partial charge on any atom is 0.163 e. The summed E-state index contributed by atoms with van der Waals surface area (Å²) in [5.74, 6) is 0.268. The minimum atomic E-state index is 0.268. The molecular weight excluding hydrogens is 246 g/mol. The van der Waals surface area contributed by atoms with Gasteiger partial charge < -0.3 is 0 Å². The molecule has 1 aliphatic rings. The summed E-state index contributed by atoms with van der Waals surface area (Å²) in [5.41, 5.74) is 5.44. The molecule has 1 aliphatic carbocycles. The van der Waals surface area contributed by atoms with Gasteiger partial charge in [0.15, 0.2) is 5.78 Å². The Bertz CT molecular complexity index is 836. The highest BCUT2D eigenvalue weighted by Gasteiger charge is 2.22. The van der Waals surface area contributed by atoms with Crippen molar-refractivity contribution in [3.8, 4) is 11.1 Å². The molecule has 0 aliphatic heterocycles. The minimum absolute atomic E-state index is 0.268. The number of rotatable bonds is 1. The van der Waals surface area contributed by atoms with Gasteiger partial charge in [0.05, 0.1) is 5.52 Å². The van der Waals surface area contributed by atoms with E-state index in [1.165, 1.54) is 11.1 Å². The number of carbonyl (C=O) groups excluding carboxylic acids is 1. The van der Waals surface area contributed by atoms with Crippen LogP contribution in [0.4, 0.5) is 0 Å². The van der Waals surface area contributed by atoms with E-state index in [4.69, 9.17) is 0 Å². The molecule has 0 saturated heterocycles. The number of hydrogen-bond acceptors (Lipinski definition) is 2. The number of pyridine rings is 1. The Balaban J connectivity index is 1.94. The number of ketones is 1. The van der Waals surface area contributed by atoms with Gasteiger partial charge in [-0.15, -0.1) is 0 Å². The summed E-state index contributed by atoms with van der Waals surface area (Å²) in [7, 11) is 0. The van der Waals surface area contributed by atoms with E-state index >= 15 is 0 Å². The van der Waals surface area contributed by atoms with E-state index in [0.717, 1.165) is 28.5 Å². The molecule has 96 valence electrons. The molecule has 0 spiro atoms. The van der Waals surface area contributed by atoms with Gasteiger partial charge in [0.25, 0.3) is 0 Å². The number of aromatic nitrogens is 1. The molecule has 0 fully saturated rings. The second-order valence-electron chi connectivity index (χ2n) is 5.17. The quantitative estimate of drug-likeness (QED) is 0.660. The van der Waals surface area contributed by atoms with Gasteiger partial charge in [-0.1, -0.05) is 30.3 Å². The van der Waals surface area contributed by atoms with Crippen LogP contribution in [-0.2, 0) is 6.42 Å². The number of benzene rings is 2. The van der Waals surface area contributed by atoms with Crippen molar-refractivity contribution >= 4 is 16.7 Å². The van der Waals surface area contributed by atoms with Gasteiger partial charge in [0.2, 0.25) is 0 Å². The van der Waals surface area contributed by atoms with E-state index in [0.29, 0.717) is 6.42 Å². The molecule has 0 N–H and O–H groups in total. The topological polar surface area (TPSA) is 30.0 Å². The predicted octanol–water partition coefficient (Wildman–Crippen LogP) is 4.03. The number of hydrogen-bond donors (Lipinski definition) is 0. The van der Waals surface area contributed by atoms with E-state index in [-0.39, 0.29) is 5.78 Å². The molecule has 0 radical (unpaired) electrons. The summed E-state index contributed by atoms with van der Waals surface area (Å²) in [4.78, 5) is 16.2. The molecule has 0 amide bonds. The first-order chi connectivity index (χ1) is 9.83. The number of carbonyl (C=O) groups is 1. The monoisotopic (exact) mass is 259 g/mol. The van der Waals surface area contributed by atoms with Crippen LogP contribution in [0.5, 0.6) is 0 Å². The van der Waals surface area contributed by atoms with E-state index in [1.807, 2.05) is 24.3 Å². The zero-order valence-corrected chi connectivity index (χ0v) is 11.0. The summed E-state index contributed by atoms with van der Waals surface area (Å²) < 4.78 is 0. The molecule has 1 aromatic heterocycles. The molecule has 0 atom stereocenters. The highest BCUT2D eigenvalue weighted by atomic mass is 16.1.